The molecule has 634 valence electrons. The highest BCUT2D eigenvalue weighted by Crippen LogP contribution is 2.45. The Hall–Kier alpha value is -18.5. The van der Waals surface area contributed by atoms with E-state index in [0.29, 0.717) is 29.1 Å². The van der Waals surface area contributed by atoms with Crippen LogP contribution in [-0.2, 0) is 0 Å². The molecule has 26 aromatic rings. The lowest BCUT2D eigenvalue weighted by atomic mass is 9.98. The molecule has 11 nitrogen and oxygen atoms in total. The average molecular weight is 1740 g/mol. The first kappa shape index (κ1) is 78.6. The van der Waals surface area contributed by atoms with Crippen LogP contribution in [-0.4, -0.2) is 53.2 Å². The van der Waals surface area contributed by atoms with Crippen LogP contribution in [0.15, 0.2) is 479 Å². The lowest BCUT2D eigenvalue weighted by Gasteiger charge is -2.13. The fourth-order valence-corrected chi connectivity index (χ4v) is 20.1. The molecule has 136 heavy (non-hydrogen) atoms. The lowest BCUT2D eigenvalue weighted by Crippen LogP contribution is -2.00. The Balaban J connectivity index is 0.473. The van der Waals surface area contributed by atoms with Gasteiger partial charge in [0.1, 0.15) is 0 Å². The summed E-state index contributed by atoms with van der Waals surface area (Å²) in [5.41, 5.74) is 34.4. The maximum atomic E-state index is 5.47. The summed E-state index contributed by atoms with van der Waals surface area (Å²) in [6, 6.07) is 171. The molecule has 0 aliphatic rings. The Morgan fingerprint density at radius 3 is 0.684 bits per heavy atom. The molecule has 0 unspecified atom stereocenters. The van der Waals surface area contributed by atoms with Gasteiger partial charge in [-0.2, -0.15) is 0 Å². The van der Waals surface area contributed by atoms with Crippen LogP contribution in [0.5, 0.6) is 0 Å². The topological polar surface area (TPSA) is 110 Å². The number of nitrogens with zero attached hydrogens (tertiary/aromatic N) is 11. The van der Waals surface area contributed by atoms with Crippen molar-refractivity contribution in [2.45, 2.75) is 0 Å². The van der Waals surface area contributed by atoms with Gasteiger partial charge in [0.15, 0.2) is 29.1 Å². The zero-order valence-corrected chi connectivity index (χ0v) is 73.5. The van der Waals surface area contributed by atoms with Crippen molar-refractivity contribution in [1.82, 2.24) is 53.2 Å². The summed E-state index contributed by atoms with van der Waals surface area (Å²) < 4.78 is 9.55. The third kappa shape index (κ3) is 14.0. The minimum atomic E-state index is 0.621. The van der Waals surface area contributed by atoms with Crippen molar-refractivity contribution in [3.63, 3.8) is 0 Å². The van der Waals surface area contributed by atoms with Gasteiger partial charge in [0.25, 0.3) is 0 Å². The molecule has 0 saturated carbocycles. The zero-order valence-electron chi connectivity index (χ0n) is 73.5. The molecule has 19 aromatic carbocycles. The van der Waals surface area contributed by atoms with Crippen LogP contribution in [0.25, 0.3) is 256 Å². The van der Waals surface area contributed by atoms with Gasteiger partial charge >= 0.3 is 0 Å². The van der Waals surface area contributed by atoms with Gasteiger partial charge in [-0.1, -0.05) is 328 Å². The van der Waals surface area contributed by atoms with E-state index in [1.165, 1.54) is 43.1 Å². The molecule has 0 fully saturated rings. The largest absolute Gasteiger partial charge is 0.309 e. The summed E-state index contributed by atoms with van der Waals surface area (Å²) >= 11 is 0. The molecule has 0 aliphatic carbocycles. The van der Waals surface area contributed by atoms with Gasteiger partial charge in [-0.3, -0.25) is 0 Å². The Morgan fingerprint density at radius 1 is 0.110 bits per heavy atom. The fourth-order valence-electron chi connectivity index (χ4n) is 20.1. The van der Waals surface area contributed by atoms with Crippen molar-refractivity contribution in [2.75, 3.05) is 0 Å². The first-order valence-corrected chi connectivity index (χ1v) is 46.0. The van der Waals surface area contributed by atoms with E-state index in [2.05, 4.69) is 413 Å². The van der Waals surface area contributed by atoms with Crippen molar-refractivity contribution in [3.05, 3.63) is 479 Å². The molecular formula is C125H79N11. The van der Waals surface area contributed by atoms with Crippen LogP contribution in [0.2, 0.25) is 0 Å². The maximum Gasteiger partial charge on any atom is 0.164 e. The quantitative estimate of drug-likeness (QED) is 0.0893. The van der Waals surface area contributed by atoms with E-state index >= 15 is 0 Å². The zero-order chi connectivity index (χ0) is 89.7. The number of hydrogen-bond acceptors (Lipinski definition) is 7. The molecule has 7 aromatic heterocycles. The van der Waals surface area contributed by atoms with E-state index in [1.54, 1.807) is 0 Å². The molecule has 26 rings (SSSR count). The molecule has 0 N–H and O–H groups in total. The van der Waals surface area contributed by atoms with Gasteiger partial charge in [-0.15, -0.1) is 0 Å². The van der Waals surface area contributed by atoms with Gasteiger partial charge in [0, 0.05) is 116 Å². The molecule has 0 atom stereocenters. The highest BCUT2D eigenvalue weighted by Gasteiger charge is 2.24. The van der Waals surface area contributed by atoms with Crippen molar-refractivity contribution in [1.29, 1.82) is 0 Å². The molecule has 0 bridgehead atoms. The minimum Gasteiger partial charge on any atom is -0.309 e. The number of para-hydroxylation sites is 4. The SMILES string of the molecule is c1ccc(-c2cc(-c3cccc(-n4c5ccccc5c5cc(-c6ccc7c(c6)c6ccccc6n7-c6cccc(-c7cc(-c8ccccc8)nc(-c8cccc(-c9ccc(-c%10ccc(-n%11c%12ccccc%12c%12cc(-c%13ccc%14c(c%13)c%13ccccc%13n%14-c%13ccc(-c%14nc(-c%15ccccc%15)nc(-c%15ccccc%15)n%14)cc%13)ccc%12%11)cc%10)cc9)c8)n7)c6)ccc54)c3)nc(-c3ccccc3)n2)cc1. The number of rotatable bonds is 17. The molecule has 7 heterocycles. The highest BCUT2D eigenvalue weighted by molar-refractivity contribution is 6.15. The second-order valence-corrected chi connectivity index (χ2v) is 34.8. The Kier molecular flexibility index (Phi) is 19.0. The average Bonchev–Trinajstić information content (AvgIpc) is 1.58. The van der Waals surface area contributed by atoms with E-state index in [-0.39, 0.29) is 0 Å². The van der Waals surface area contributed by atoms with Gasteiger partial charge in [-0.25, -0.2) is 34.9 Å². The molecule has 0 aliphatic heterocycles. The Morgan fingerprint density at radius 2 is 0.331 bits per heavy atom. The van der Waals surface area contributed by atoms with Crippen LogP contribution in [0, 0.1) is 0 Å². The predicted molar refractivity (Wildman–Crippen MR) is 559 cm³/mol. The van der Waals surface area contributed by atoms with Gasteiger partial charge < -0.3 is 18.3 Å². The van der Waals surface area contributed by atoms with E-state index < -0.39 is 0 Å². The van der Waals surface area contributed by atoms with Crippen LogP contribution < -0.4 is 0 Å². The molecular weight excluding hydrogens is 1660 g/mol. The van der Waals surface area contributed by atoms with Gasteiger partial charge in [-0.05, 0) is 196 Å². The summed E-state index contributed by atoms with van der Waals surface area (Å²) in [5.74, 6) is 3.23. The predicted octanol–water partition coefficient (Wildman–Crippen LogP) is 31.5. The number of benzene rings is 19. The molecule has 0 amide bonds. The molecule has 0 radical (unpaired) electrons. The van der Waals surface area contributed by atoms with Gasteiger partial charge in [0.2, 0.25) is 0 Å². The van der Waals surface area contributed by atoms with E-state index in [0.717, 1.165) is 184 Å². The standard InChI is InChI=1S/C125H79N11/c1-6-27-83(28-7-1)109-78-111(128-121(126-109)85-31-10-3-11-32-85)94-38-25-41-99(72-94)135-115-49-22-18-45-103(115)107-76-92(61-69-119(107)135)93-62-70-120-108(77-93)104-46-19-23-50-116(104)136(120)100-42-26-39-95(73-100)112-79-110(84-29-8-2-9-30-84)127-125(129-112)96-40-24-37-89(71-96)82-53-51-80(52-54-82)81-55-63-97(64-56-81)133-113-47-20-16-43-101(113)105-74-90(59-67-117(105)133)91-60-68-118-106(75-91)102-44-17-21-48-114(102)134(118)98-65-57-88(58-66-98)124-131-122(86-33-12-4-13-34-86)130-123(132-124)87-35-14-5-15-36-87/h1-79H. The normalized spacial score (nSPS) is 11.7. The number of hydrogen-bond donors (Lipinski definition) is 0. The Bertz CT molecular complexity index is 9070. The van der Waals surface area contributed by atoms with Crippen molar-refractivity contribution < 1.29 is 0 Å². The molecule has 0 spiro atoms. The third-order valence-electron chi connectivity index (χ3n) is 26.7. The van der Waals surface area contributed by atoms with Crippen molar-refractivity contribution >= 4 is 87.2 Å². The number of aromatic nitrogens is 11. The van der Waals surface area contributed by atoms with Crippen LogP contribution in [0.3, 0.4) is 0 Å². The molecule has 11 heteroatoms. The maximum absolute atomic E-state index is 5.47. The monoisotopic (exact) mass is 1730 g/mol. The highest BCUT2D eigenvalue weighted by atomic mass is 15.0. The third-order valence-corrected chi connectivity index (χ3v) is 26.7. The summed E-state index contributed by atoms with van der Waals surface area (Å²) in [7, 11) is 0. The minimum absolute atomic E-state index is 0.621. The Labute approximate surface area is 783 Å². The summed E-state index contributed by atoms with van der Waals surface area (Å²) in [6.07, 6.45) is 0. The summed E-state index contributed by atoms with van der Waals surface area (Å²) in [6.45, 7) is 0. The van der Waals surface area contributed by atoms with Crippen molar-refractivity contribution in [2.24, 2.45) is 0 Å². The lowest BCUT2D eigenvalue weighted by molar-refractivity contribution is 1.07. The second-order valence-electron chi connectivity index (χ2n) is 34.8. The second kappa shape index (κ2) is 32.9. The van der Waals surface area contributed by atoms with E-state index in [9.17, 15) is 0 Å². The van der Waals surface area contributed by atoms with E-state index in [4.69, 9.17) is 34.9 Å². The number of fused-ring (bicyclic) bond motifs is 12. The summed E-state index contributed by atoms with van der Waals surface area (Å²) in [5, 5.41) is 9.48. The van der Waals surface area contributed by atoms with Crippen LogP contribution in [0.1, 0.15) is 0 Å². The first-order valence-electron chi connectivity index (χ1n) is 46.0. The summed E-state index contributed by atoms with van der Waals surface area (Å²) in [4.78, 5) is 36.1. The van der Waals surface area contributed by atoms with Crippen LogP contribution >= 0.6 is 0 Å². The first-order chi connectivity index (χ1) is 67.4. The van der Waals surface area contributed by atoms with E-state index in [1.807, 2.05) is 84.9 Å². The molecule has 0 saturated heterocycles. The van der Waals surface area contributed by atoms with Crippen LogP contribution in [0.4, 0.5) is 0 Å². The smallest absolute Gasteiger partial charge is 0.164 e. The van der Waals surface area contributed by atoms with Gasteiger partial charge in [0.05, 0.1) is 66.9 Å². The van der Waals surface area contributed by atoms with Crippen molar-refractivity contribution in [3.8, 4) is 169 Å². The fraction of sp³-hybridized carbons (Fsp3) is 0.